The monoisotopic (exact) mass is 1050 g/mol. The summed E-state index contributed by atoms with van der Waals surface area (Å²) in [5.74, 6) is -0.212. The number of allylic oxidation sites excluding steroid dienone is 5. The second kappa shape index (κ2) is 52.9. The lowest BCUT2D eigenvalue weighted by atomic mass is 9.99. The summed E-state index contributed by atoms with van der Waals surface area (Å²) in [4.78, 5) is 25.1. The number of ether oxygens (including phenoxy) is 3. The number of aliphatic hydroxyl groups is 5. The van der Waals surface area contributed by atoms with Gasteiger partial charge in [-0.25, -0.2) is 0 Å². The number of unbranched alkanes of at least 4 members (excludes halogenated alkanes) is 36. The maximum atomic E-state index is 13.0. The van der Waals surface area contributed by atoms with Gasteiger partial charge in [0.25, 0.3) is 0 Å². The summed E-state index contributed by atoms with van der Waals surface area (Å²) in [6.07, 6.45) is 55.4. The molecule has 1 saturated heterocycles. The number of hydrogen-bond donors (Lipinski definition) is 6. The number of amides is 1. The van der Waals surface area contributed by atoms with Gasteiger partial charge in [-0.1, -0.05) is 230 Å². The van der Waals surface area contributed by atoms with Gasteiger partial charge < -0.3 is 45.1 Å². The van der Waals surface area contributed by atoms with Crippen LogP contribution >= 0.6 is 0 Å². The third-order valence-electron chi connectivity index (χ3n) is 14.7. The minimum absolute atomic E-state index is 0.0134. The molecule has 0 bridgehead atoms. The summed E-state index contributed by atoms with van der Waals surface area (Å²) in [5.41, 5.74) is 0. The molecule has 1 heterocycles. The van der Waals surface area contributed by atoms with Gasteiger partial charge in [0.1, 0.15) is 24.4 Å². The van der Waals surface area contributed by atoms with Crippen LogP contribution in [0.2, 0.25) is 0 Å². The molecular weight excluding hydrogens is 931 g/mol. The summed E-state index contributed by atoms with van der Waals surface area (Å²) in [7, 11) is 0. The van der Waals surface area contributed by atoms with Gasteiger partial charge >= 0.3 is 5.97 Å². The molecule has 1 rings (SSSR count). The summed E-state index contributed by atoms with van der Waals surface area (Å²) in [5, 5.41) is 54.2. The molecule has 0 aromatic carbocycles. The Balaban J connectivity index is 2.00. The Morgan fingerprint density at radius 1 is 0.486 bits per heavy atom. The molecule has 7 unspecified atom stereocenters. The fourth-order valence-corrected chi connectivity index (χ4v) is 9.72. The number of aliphatic hydroxyl groups excluding tert-OH is 5. The molecule has 1 amide bonds. The van der Waals surface area contributed by atoms with Crippen LogP contribution in [-0.4, -0.2) is 100 Å². The second-order valence-corrected chi connectivity index (χ2v) is 21.8. The Kier molecular flexibility index (Phi) is 50.0. The highest BCUT2D eigenvalue weighted by Crippen LogP contribution is 2.23. The van der Waals surface area contributed by atoms with Crippen molar-refractivity contribution in [2.24, 2.45) is 0 Å². The molecule has 1 fully saturated rings. The van der Waals surface area contributed by atoms with E-state index in [2.05, 4.69) is 43.5 Å². The van der Waals surface area contributed by atoms with Crippen LogP contribution < -0.4 is 5.32 Å². The molecule has 434 valence electrons. The molecule has 74 heavy (non-hydrogen) atoms. The normalized spacial score (nSPS) is 19.0. The maximum absolute atomic E-state index is 13.0. The lowest BCUT2D eigenvalue weighted by Gasteiger charge is -2.40. The maximum Gasteiger partial charge on any atom is 0.305 e. The predicted octanol–water partition coefficient (Wildman–Crippen LogP) is 14.7. The first-order chi connectivity index (χ1) is 36.2. The van der Waals surface area contributed by atoms with Crippen LogP contribution in [-0.2, 0) is 23.8 Å². The van der Waals surface area contributed by atoms with Crippen molar-refractivity contribution < 1.29 is 49.3 Å². The first-order valence-corrected chi connectivity index (χ1v) is 31.3. The third kappa shape index (κ3) is 42.0. The van der Waals surface area contributed by atoms with E-state index in [0.29, 0.717) is 19.4 Å². The van der Waals surface area contributed by atoms with E-state index in [1.165, 1.54) is 173 Å². The predicted molar refractivity (Wildman–Crippen MR) is 306 cm³/mol. The van der Waals surface area contributed by atoms with Crippen molar-refractivity contribution in [2.45, 2.75) is 333 Å². The van der Waals surface area contributed by atoms with Crippen molar-refractivity contribution in [3.63, 3.8) is 0 Å². The zero-order valence-electron chi connectivity index (χ0n) is 47.8. The van der Waals surface area contributed by atoms with E-state index in [4.69, 9.17) is 14.2 Å². The van der Waals surface area contributed by atoms with E-state index in [9.17, 15) is 35.1 Å². The van der Waals surface area contributed by atoms with Crippen LogP contribution in [0.3, 0.4) is 0 Å². The van der Waals surface area contributed by atoms with Crippen molar-refractivity contribution in [1.82, 2.24) is 5.32 Å². The molecule has 0 saturated carbocycles. The molecule has 6 N–H and O–H groups in total. The molecule has 0 aromatic heterocycles. The number of esters is 1. The molecule has 0 radical (unpaired) electrons. The van der Waals surface area contributed by atoms with Gasteiger partial charge in [0, 0.05) is 12.8 Å². The minimum atomic E-state index is -1.57. The first kappa shape index (κ1) is 69.9. The van der Waals surface area contributed by atoms with E-state index in [1.807, 2.05) is 6.08 Å². The molecule has 0 aromatic rings. The highest BCUT2D eigenvalue weighted by molar-refractivity contribution is 5.76. The first-order valence-electron chi connectivity index (χ1n) is 31.3. The van der Waals surface area contributed by atoms with Gasteiger partial charge in [-0.15, -0.1) is 0 Å². The van der Waals surface area contributed by atoms with Crippen molar-refractivity contribution in [3.05, 3.63) is 36.5 Å². The minimum Gasteiger partial charge on any atom is -0.466 e. The Hall–Kier alpha value is -2.12. The van der Waals surface area contributed by atoms with Crippen molar-refractivity contribution in [3.8, 4) is 0 Å². The van der Waals surface area contributed by atoms with Crippen molar-refractivity contribution >= 4 is 11.9 Å². The largest absolute Gasteiger partial charge is 0.466 e. The number of carbonyl (C=O) groups is 2. The van der Waals surface area contributed by atoms with Crippen LogP contribution in [0.25, 0.3) is 0 Å². The zero-order valence-corrected chi connectivity index (χ0v) is 47.8. The van der Waals surface area contributed by atoms with Gasteiger partial charge in [0.2, 0.25) is 5.91 Å². The Labute approximate surface area is 453 Å². The smallest absolute Gasteiger partial charge is 0.305 e. The quantitative estimate of drug-likeness (QED) is 0.0195. The van der Waals surface area contributed by atoms with Crippen LogP contribution in [0, 0.1) is 0 Å². The highest BCUT2D eigenvalue weighted by atomic mass is 16.7. The van der Waals surface area contributed by atoms with E-state index in [1.54, 1.807) is 6.08 Å². The molecule has 0 aliphatic carbocycles. The third-order valence-corrected chi connectivity index (χ3v) is 14.7. The summed E-state index contributed by atoms with van der Waals surface area (Å²) >= 11 is 0. The fraction of sp³-hybridized carbons (Fsp3) is 0.873. The van der Waals surface area contributed by atoms with Crippen LogP contribution in [0.15, 0.2) is 36.5 Å². The SMILES string of the molecule is CCCCCCCC/C=C\CCCCCCCCCCCC(=O)OCCCCCCCCCCC/C=C\CCCCCCCC(=O)NC(COC1OC(CO)C(O)C(O)C1O)C(O)/C=C/CCCCCCCCC. The number of nitrogens with one attached hydrogen (secondary N) is 1. The lowest BCUT2D eigenvalue weighted by Crippen LogP contribution is -2.60. The molecule has 7 atom stereocenters. The summed E-state index contributed by atoms with van der Waals surface area (Å²) in [6, 6.07) is -0.819. The fourth-order valence-electron chi connectivity index (χ4n) is 9.72. The average molecular weight is 1050 g/mol. The zero-order chi connectivity index (χ0) is 53.8. The lowest BCUT2D eigenvalue weighted by molar-refractivity contribution is -0.302. The topological polar surface area (TPSA) is 175 Å². The number of hydrogen-bond acceptors (Lipinski definition) is 10. The van der Waals surface area contributed by atoms with Crippen LogP contribution in [0.1, 0.15) is 290 Å². The van der Waals surface area contributed by atoms with Crippen LogP contribution in [0.5, 0.6) is 0 Å². The summed E-state index contributed by atoms with van der Waals surface area (Å²) in [6.45, 7) is 4.29. The average Bonchev–Trinajstić information content (AvgIpc) is 3.40. The molecular formula is C63H117NO10. The van der Waals surface area contributed by atoms with E-state index >= 15 is 0 Å². The van der Waals surface area contributed by atoms with Gasteiger partial charge in [-0.2, -0.15) is 0 Å². The van der Waals surface area contributed by atoms with Crippen molar-refractivity contribution in [1.29, 1.82) is 0 Å². The standard InChI is InChI=1S/C63H117NO10/c1-3-5-7-9-11-13-14-15-16-17-18-22-25-28-31-35-39-43-47-51-59(68)72-52-48-44-40-36-32-29-26-23-20-19-21-24-27-30-34-38-42-46-50-58(67)64-55(56(66)49-45-41-37-33-12-10-8-6-4-2)54-73-63-62(71)61(70)60(69)57(53-65)74-63/h15-16,21,24,45,49,55-57,60-63,65-66,69-71H,3-14,17-20,22-23,25-44,46-48,50-54H2,1-2H3,(H,64,67)/b16-15-,24-21-,49-45+. The second-order valence-electron chi connectivity index (χ2n) is 21.8. The molecule has 1 aliphatic rings. The Morgan fingerprint density at radius 3 is 1.30 bits per heavy atom. The van der Waals surface area contributed by atoms with E-state index in [0.717, 1.165) is 89.9 Å². The van der Waals surface area contributed by atoms with Gasteiger partial charge in [-0.05, 0) is 83.5 Å². The number of rotatable bonds is 54. The van der Waals surface area contributed by atoms with Gasteiger partial charge in [0.15, 0.2) is 6.29 Å². The molecule has 11 heteroatoms. The van der Waals surface area contributed by atoms with Gasteiger partial charge in [0.05, 0.1) is 32.0 Å². The number of carbonyl (C=O) groups excluding carboxylic acids is 2. The molecule has 1 aliphatic heterocycles. The van der Waals surface area contributed by atoms with Gasteiger partial charge in [-0.3, -0.25) is 9.59 Å². The van der Waals surface area contributed by atoms with Crippen molar-refractivity contribution in [2.75, 3.05) is 19.8 Å². The molecule has 0 spiro atoms. The van der Waals surface area contributed by atoms with Crippen LogP contribution in [0.4, 0.5) is 0 Å². The Morgan fingerprint density at radius 2 is 0.865 bits per heavy atom. The highest BCUT2D eigenvalue weighted by Gasteiger charge is 2.44. The summed E-state index contributed by atoms with van der Waals surface area (Å²) < 4.78 is 16.7. The molecule has 11 nitrogen and oxygen atoms in total. The Bertz CT molecular complexity index is 1320. The van der Waals surface area contributed by atoms with E-state index in [-0.39, 0.29) is 18.5 Å². The van der Waals surface area contributed by atoms with E-state index < -0.39 is 49.5 Å².